The Labute approximate surface area is 108 Å². The first-order valence-corrected chi connectivity index (χ1v) is 6.75. The van der Waals surface area contributed by atoms with Gasteiger partial charge in [-0.25, -0.2) is 0 Å². The van der Waals surface area contributed by atoms with Gasteiger partial charge in [0.15, 0.2) is 0 Å². The van der Waals surface area contributed by atoms with Gasteiger partial charge in [-0.15, -0.1) is 0 Å². The summed E-state index contributed by atoms with van der Waals surface area (Å²) in [6.45, 7) is 4.50. The first-order valence-electron chi connectivity index (χ1n) is 6.75. The van der Waals surface area contributed by atoms with Crippen molar-refractivity contribution in [3.05, 3.63) is 42.0 Å². The number of rotatable bonds is 2. The van der Waals surface area contributed by atoms with Gasteiger partial charge >= 0.3 is 0 Å². The number of hydrogen-bond acceptors (Lipinski definition) is 2. The molecule has 2 aromatic carbocycles. The van der Waals surface area contributed by atoms with Crippen molar-refractivity contribution in [2.24, 2.45) is 0 Å². The molecular formula is C16H20N2. The molecule has 1 aliphatic heterocycles. The zero-order valence-electron chi connectivity index (χ0n) is 10.9. The van der Waals surface area contributed by atoms with Crippen LogP contribution in [0, 0.1) is 0 Å². The molecule has 1 unspecified atom stereocenters. The normalized spacial score (nSPS) is 20.6. The minimum absolute atomic E-state index is 0.691. The zero-order valence-corrected chi connectivity index (χ0v) is 10.9. The second kappa shape index (κ2) is 4.62. The van der Waals surface area contributed by atoms with Crippen molar-refractivity contribution in [2.45, 2.75) is 32.4 Å². The molecule has 1 atom stereocenters. The summed E-state index contributed by atoms with van der Waals surface area (Å²) in [6, 6.07) is 13.5. The molecule has 2 nitrogen and oxygen atoms in total. The van der Waals surface area contributed by atoms with Crippen LogP contribution in [-0.4, -0.2) is 17.5 Å². The second-order valence-electron chi connectivity index (χ2n) is 5.36. The largest absolute Gasteiger partial charge is 0.398 e. The fourth-order valence-electron chi connectivity index (χ4n) is 2.89. The van der Waals surface area contributed by atoms with Crippen LogP contribution in [0.3, 0.4) is 0 Å². The highest BCUT2D eigenvalue weighted by Crippen LogP contribution is 2.26. The Morgan fingerprint density at radius 3 is 2.61 bits per heavy atom. The zero-order chi connectivity index (χ0) is 12.5. The van der Waals surface area contributed by atoms with Gasteiger partial charge in [0, 0.05) is 18.3 Å². The minimum Gasteiger partial charge on any atom is -0.398 e. The fourth-order valence-corrected chi connectivity index (χ4v) is 2.89. The Bertz CT molecular complexity index is 562. The SMILES string of the molecule is CC1CCCN1Cc1cc2ccccc2cc1N. The summed E-state index contributed by atoms with van der Waals surface area (Å²) < 4.78 is 0. The van der Waals surface area contributed by atoms with E-state index in [2.05, 4.69) is 48.2 Å². The van der Waals surface area contributed by atoms with Crippen LogP contribution in [-0.2, 0) is 6.54 Å². The summed E-state index contributed by atoms with van der Waals surface area (Å²) in [6.07, 6.45) is 2.63. The monoisotopic (exact) mass is 240 g/mol. The lowest BCUT2D eigenvalue weighted by Crippen LogP contribution is -2.26. The number of likely N-dealkylation sites (tertiary alicyclic amines) is 1. The van der Waals surface area contributed by atoms with Crippen LogP contribution in [0.1, 0.15) is 25.3 Å². The average molecular weight is 240 g/mol. The maximum Gasteiger partial charge on any atom is 0.0366 e. The minimum atomic E-state index is 0.691. The van der Waals surface area contributed by atoms with Gasteiger partial charge in [-0.2, -0.15) is 0 Å². The molecule has 2 aromatic rings. The molecular weight excluding hydrogens is 220 g/mol. The molecule has 18 heavy (non-hydrogen) atoms. The van der Waals surface area contributed by atoms with Crippen LogP contribution in [0.25, 0.3) is 10.8 Å². The summed E-state index contributed by atoms with van der Waals surface area (Å²) in [4.78, 5) is 2.53. The predicted molar refractivity (Wildman–Crippen MR) is 77.5 cm³/mol. The number of nitrogen functional groups attached to an aromatic ring is 1. The van der Waals surface area contributed by atoms with Crippen LogP contribution < -0.4 is 5.73 Å². The van der Waals surface area contributed by atoms with E-state index in [-0.39, 0.29) is 0 Å². The third-order valence-electron chi connectivity index (χ3n) is 4.07. The molecule has 0 amide bonds. The number of nitrogens with two attached hydrogens (primary N) is 1. The predicted octanol–water partition coefficient (Wildman–Crippen LogP) is 3.41. The molecule has 2 N–H and O–H groups in total. The Hall–Kier alpha value is -1.54. The standard InChI is InChI=1S/C16H20N2/c1-12-5-4-8-18(12)11-15-9-13-6-2-3-7-14(13)10-16(15)17/h2-3,6-7,9-10,12H,4-5,8,11,17H2,1H3. The van der Waals surface area contributed by atoms with E-state index in [1.54, 1.807) is 0 Å². The quantitative estimate of drug-likeness (QED) is 0.815. The Morgan fingerprint density at radius 2 is 1.94 bits per heavy atom. The van der Waals surface area contributed by atoms with Gasteiger partial charge in [-0.1, -0.05) is 24.3 Å². The van der Waals surface area contributed by atoms with Crippen molar-refractivity contribution in [1.82, 2.24) is 4.90 Å². The van der Waals surface area contributed by atoms with Crippen molar-refractivity contribution < 1.29 is 0 Å². The van der Waals surface area contributed by atoms with Crippen molar-refractivity contribution in [1.29, 1.82) is 0 Å². The third-order valence-corrected chi connectivity index (χ3v) is 4.07. The molecule has 0 aliphatic carbocycles. The molecule has 0 aromatic heterocycles. The summed E-state index contributed by atoms with van der Waals surface area (Å²) in [7, 11) is 0. The molecule has 1 saturated heterocycles. The highest BCUT2D eigenvalue weighted by atomic mass is 15.2. The highest BCUT2D eigenvalue weighted by molar-refractivity contribution is 5.86. The number of anilines is 1. The Balaban J connectivity index is 1.93. The van der Waals surface area contributed by atoms with E-state index in [1.807, 2.05) is 0 Å². The van der Waals surface area contributed by atoms with Crippen LogP contribution in [0.15, 0.2) is 36.4 Å². The summed E-state index contributed by atoms with van der Waals surface area (Å²) in [5, 5.41) is 2.52. The van der Waals surface area contributed by atoms with E-state index < -0.39 is 0 Å². The molecule has 1 aliphatic rings. The van der Waals surface area contributed by atoms with Gasteiger partial charge < -0.3 is 5.73 Å². The van der Waals surface area contributed by atoms with Gasteiger partial charge in [-0.05, 0) is 54.8 Å². The van der Waals surface area contributed by atoms with E-state index >= 15 is 0 Å². The maximum absolute atomic E-state index is 6.18. The maximum atomic E-state index is 6.18. The molecule has 2 heteroatoms. The van der Waals surface area contributed by atoms with Crippen LogP contribution in [0.2, 0.25) is 0 Å². The van der Waals surface area contributed by atoms with Gasteiger partial charge in [0.05, 0.1) is 0 Å². The molecule has 0 bridgehead atoms. The summed E-state index contributed by atoms with van der Waals surface area (Å²) >= 11 is 0. The average Bonchev–Trinajstić information content (AvgIpc) is 2.76. The lowest BCUT2D eigenvalue weighted by Gasteiger charge is -2.22. The van der Waals surface area contributed by atoms with Gasteiger partial charge in [0.2, 0.25) is 0 Å². The summed E-state index contributed by atoms with van der Waals surface area (Å²) in [5.74, 6) is 0. The van der Waals surface area contributed by atoms with E-state index in [0.717, 1.165) is 12.2 Å². The van der Waals surface area contributed by atoms with Crippen LogP contribution >= 0.6 is 0 Å². The lowest BCUT2D eigenvalue weighted by molar-refractivity contribution is 0.261. The Kier molecular flexibility index (Phi) is 2.96. The fraction of sp³-hybridized carbons (Fsp3) is 0.375. The molecule has 1 fully saturated rings. The first-order chi connectivity index (χ1) is 8.74. The second-order valence-corrected chi connectivity index (χ2v) is 5.36. The van der Waals surface area contributed by atoms with E-state index in [9.17, 15) is 0 Å². The molecule has 3 rings (SSSR count). The van der Waals surface area contributed by atoms with Crippen molar-refractivity contribution in [2.75, 3.05) is 12.3 Å². The summed E-state index contributed by atoms with van der Waals surface area (Å²) in [5.41, 5.74) is 8.37. The number of fused-ring (bicyclic) bond motifs is 1. The number of benzene rings is 2. The topological polar surface area (TPSA) is 29.3 Å². The number of hydrogen-bond donors (Lipinski definition) is 1. The first kappa shape index (κ1) is 11.5. The molecule has 0 saturated carbocycles. The molecule has 0 spiro atoms. The van der Waals surface area contributed by atoms with E-state index in [0.29, 0.717) is 6.04 Å². The van der Waals surface area contributed by atoms with Crippen molar-refractivity contribution in [3.8, 4) is 0 Å². The molecule has 94 valence electrons. The lowest BCUT2D eigenvalue weighted by atomic mass is 10.0. The van der Waals surface area contributed by atoms with E-state index in [4.69, 9.17) is 5.73 Å². The van der Waals surface area contributed by atoms with E-state index in [1.165, 1.54) is 35.7 Å². The highest BCUT2D eigenvalue weighted by Gasteiger charge is 2.20. The third kappa shape index (κ3) is 2.08. The van der Waals surface area contributed by atoms with Gasteiger partial charge in [0.25, 0.3) is 0 Å². The van der Waals surface area contributed by atoms with Gasteiger partial charge in [-0.3, -0.25) is 4.90 Å². The molecule has 1 heterocycles. The van der Waals surface area contributed by atoms with Crippen molar-refractivity contribution in [3.63, 3.8) is 0 Å². The Morgan fingerprint density at radius 1 is 1.22 bits per heavy atom. The molecule has 0 radical (unpaired) electrons. The van der Waals surface area contributed by atoms with Gasteiger partial charge in [0.1, 0.15) is 0 Å². The van der Waals surface area contributed by atoms with Crippen LogP contribution in [0.5, 0.6) is 0 Å². The number of nitrogens with zero attached hydrogens (tertiary/aromatic N) is 1. The van der Waals surface area contributed by atoms with Crippen LogP contribution in [0.4, 0.5) is 5.69 Å². The smallest absolute Gasteiger partial charge is 0.0366 e. The van der Waals surface area contributed by atoms with Crippen molar-refractivity contribution >= 4 is 16.5 Å².